The Kier molecular flexibility index (Phi) is 6.05. The summed E-state index contributed by atoms with van der Waals surface area (Å²) in [5.41, 5.74) is 1.80. The largest absolute Gasteiger partial charge is 0.494 e. The van der Waals surface area contributed by atoms with Crippen LogP contribution in [0.15, 0.2) is 54.6 Å². The molecule has 26 heavy (non-hydrogen) atoms. The summed E-state index contributed by atoms with van der Waals surface area (Å²) < 4.78 is 5.49. The molecular formula is C22H25NO3. The highest BCUT2D eigenvalue weighted by Crippen LogP contribution is 2.33. The maximum atomic E-state index is 12.7. The third-order valence-electron chi connectivity index (χ3n) is 4.81. The van der Waals surface area contributed by atoms with Crippen LogP contribution in [-0.2, 0) is 4.79 Å². The van der Waals surface area contributed by atoms with E-state index in [2.05, 4.69) is 0 Å². The van der Waals surface area contributed by atoms with Crippen LogP contribution in [0.3, 0.4) is 0 Å². The molecule has 0 saturated carbocycles. The molecule has 0 bridgehead atoms. The minimum Gasteiger partial charge on any atom is -0.494 e. The van der Waals surface area contributed by atoms with Crippen molar-refractivity contribution in [1.82, 2.24) is 4.90 Å². The molecule has 0 aromatic heterocycles. The second kappa shape index (κ2) is 8.65. The maximum Gasteiger partial charge on any atom is 0.223 e. The normalized spacial score (nSPS) is 16.5. The molecule has 0 spiro atoms. The van der Waals surface area contributed by atoms with Gasteiger partial charge >= 0.3 is 0 Å². The van der Waals surface area contributed by atoms with E-state index in [0.717, 1.165) is 30.7 Å². The zero-order valence-corrected chi connectivity index (χ0v) is 15.2. The van der Waals surface area contributed by atoms with Crippen LogP contribution in [0.25, 0.3) is 0 Å². The molecule has 1 amide bonds. The zero-order valence-electron chi connectivity index (χ0n) is 15.2. The minimum atomic E-state index is 0.0239. The van der Waals surface area contributed by atoms with Crippen molar-refractivity contribution in [2.75, 3.05) is 13.2 Å². The fraction of sp³-hybridized carbons (Fsp3) is 0.364. The van der Waals surface area contributed by atoms with Gasteiger partial charge in [0.15, 0.2) is 5.78 Å². The number of hydrogen-bond acceptors (Lipinski definition) is 3. The maximum absolute atomic E-state index is 12.7. The Hall–Kier alpha value is -2.62. The number of carbonyl (C=O) groups is 2. The number of amides is 1. The van der Waals surface area contributed by atoms with Crippen molar-refractivity contribution in [3.8, 4) is 5.75 Å². The Bertz CT molecular complexity index is 740. The molecule has 2 aromatic carbocycles. The molecule has 1 unspecified atom stereocenters. The Labute approximate surface area is 154 Å². The number of hydrogen-bond donors (Lipinski definition) is 0. The summed E-state index contributed by atoms with van der Waals surface area (Å²) in [6.45, 7) is 3.36. The van der Waals surface area contributed by atoms with E-state index in [1.165, 1.54) is 0 Å². The van der Waals surface area contributed by atoms with Crippen molar-refractivity contribution in [3.05, 3.63) is 65.7 Å². The standard InChI is InChI=1S/C22H25NO3/c1-2-26-19-12-10-17(11-13-19)20-9-6-16-23(20)22(25)15-14-21(24)18-7-4-3-5-8-18/h3-5,7-8,10-13,20H,2,6,9,14-16H2,1H3. The fourth-order valence-electron chi connectivity index (χ4n) is 3.50. The molecular weight excluding hydrogens is 326 g/mol. The smallest absolute Gasteiger partial charge is 0.223 e. The van der Waals surface area contributed by atoms with Gasteiger partial charge in [-0.1, -0.05) is 42.5 Å². The summed E-state index contributed by atoms with van der Waals surface area (Å²) in [6.07, 6.45) is 2.49. The van der Waals surface area contributed by atoms with Gasteiger partial charge in [-0.2, -0.15) is 0 Å². The van der Waals surface area contributed by atoms with Gasteiger partial charge in [-0.05, 0) is 37.5 Å². The average Bonchev–Trinajstić information content (AvgIpc) is 3.17. The predicted octanol–water partition coefficient (Wildman–Crippen LogP) is 4.41. The zero-order chi connectivity index (χ0) is 18.4. The van der Waals surface area contributed by atoms with E-state index in [0.29, 0.717) is 12.2 Å². The highest BCUT2D eigenvalue weighted by molar-refractivity contribution is 5.97. The Morgan fingerprint density at radius 1 is 1.04 bits per heavy atom. The van der Waals surface area contributed by atoms with Crippen LogP contribution in [0.1, 0.15) is 54.6 Å². The fourth-order valence-corrected chi connectivity index (χ4v) is 3.50. The molecule has 0 N–H and O–H groups in total. The lowest BCUT2D eigenvalue weighted by molar-refractivity contribution is -0.132. The summed E-state index contributed by atoms with van der Waals surface area (Å²) in [7, 11) is 0. The summed E-state index contributed by atoms with van der Waals surface area (Å²) in [5, 5.41) is 0. The monoisotopic (exact) mass is 351 g/mol. The third kappa shape index (κ3) is 4.31. The summed E-state index contributed by atoms with van der Waals surface area (Å²) in [6, 6.07) is 17.3. The van der Waals surface area contributed by atoms with Crippen LogP contribution in [0.4, 0.5) is 0 Å². The van der Waals surface area contributed by atoms with Gasteiger partial charge < -0.3 is 9.64 Å². The molecule has 3 rings (SSSR count). The first-order valence-electron chi connectivity index (χ1n) is 9.29. The van der Waals surface area contributed by atoms with Crippen molar-refractivity contribution in [2.24, 2.45) is 0 Å². The van der Waals surface area contributed by atoms with Crippen LogP contribution < -0.4 is 4.74 Å². The highest BCUT2D eigenvalue weighted by atomic mass is 16.5. The Morgan fingerprint density at radius 3 is 2.46 bits per heavy atom. The molecule has 1 heterocycles. The molecule has 1 atom stereocenters. The van der Waals surface area contributed by atoms with Crippen LogP contribution in [0.5, 0.6) is 5.75 Å². The van der Waals surface area contributed by atoms with Gasteiger partial charge in [-0.3, -0.25) is 9.59 Å². The molecule has 1 aliphatic rings. The quantitative estimate of drug-likeness (QED) is 0.694. The number of Topliss-reactive ketones (excluding diaryl/α,β-unsaturated/α-hetero) is 1. The van der Waals surface area contributed by atoms with Crippen molar-refractivity contribution in [1.29, 1.82) is 0 Å². The molecule has 136 valence electrons. The van der Waals surface area contributed by atoms with Crippen molar-refractivity contribution in [3.63, 3.8) is 0 Å². The van der Waals surface area contributed by atoms with Crippen LogP contribution >= 0.6 is 0 Å². The van der Waals surface area contributed by atoms with Crippen LogP contribution in [0.2, 0.25) is 0 Å². The second-order valence-electron chi connectivity index (χ2n) is 6.54. The van der Waals surface area contributed by atoms with Crippen LogP contribution in [-0.4, -0.2) is 29.7 Å². The summed E-state index contributed by atoms with van der Waals surface area (Å²) >= 11 is 0. The number of nitrogens with zero attached hydrogens (tertiary/aromatic N) is 1. The lowest BCUT2D eigenvalue weighted by atomic mass is 10.0. The lowest BCUT2D eigenvalue weighted by Crippen LogP contribution is -2.30. The SMILES string of the molecule is CCOc1ccc(C2CCCN2C(=O)CCC(=O)c2ccccc2)cc1. The van der Waals surface area contributed by atoms with Crippen molar-refractivity contribution < 1.29 is 14.3 Å². The number of carbonyl (C=O) groups excluding carboxylic acids is 2. The van der Waals surface area contributed by atoms with Crippen molar-refractivity contribution >= 4 is 11.7 Å². The van der Waals surface area contributed by atoms with Gasteiger partial charge in [0.25, 0.3) is 0 Å². The van der Waals surface area contributed by atoms with Gasteiger partial charge in [-0.25, -0.2) is 0 Å². The summed E-state index contributed by atoms with van der Waals surface area (Å²) in [5.74, 6) is 0.932. The van der Waals surface area contributed by atoms with Gasteiger partial charge in [0, 0.05) is 24.9 Å². The number of ketones is 1. The second-order valence-corrected chi connectivity index (χ2v) is 6.54. The van der Waals surface area contributed by atoms with E-state index < -0.39 is 0 Å². The molecule has 1 saturated heterocycles. The Balaban J connectivity index is 1.60. The number of benzene rings is 2. The van der Waals surface area contributed by atoms with E-state index in [-0.39, 0.29) is 30.6 Å². The average molecular weight is 351 g/mol. The van der Waals surface area contributed by atoms with Gasteiger partial charge in [0.05, 0.1) is 12.6 Å². The number of ether oxygens (including phenoxy) is 1. The highest BCUT2D eigenvalue weighted by Gasteiger charge is 2.29. The van der Waals surface area contributed by atoms with E-state index >= 15 is 0 Å². The topological polar surface area (TPSA) is 46.6 Å². The van der Waals surface area contributed by atoms with Gasteiger partial charge in [0.1, 0.15) is 5.75 Å². The van der Waals surface area contributed by atoms with E-state index in [1.807, 2.05) is 54.3 Å². The number of rotatable bonds is 7. The van der Waals surface area contributed by atoms with Crippen molar-refractivity contribution in [2.45, 2.75) is 38.6 Å². The lowest BCUT2D eigenvalue weighted by Gasteiger charge is -2.25. The van der Waals surface area contributed by atoms with Gasteiger partial charge in [-0.15, -0.1) is 0 Å². The van der Waals surface area contributed by atoms with Gasteiger partial charge in [0.2, 0.25) is 5.91 Å². The van der Waals surface area contributed by atoms with Crippen LogP contribution in [0, 0.1) is 0 Å². The molecule has 4 heteroatoms. The first-order valence-corrected chi connectivity index (χ1v) is 9.29. The summed E-state index contributed by atoms with van der Waals surface area (Å²) in [4.78, 5) is 26.8. The molecule has 0 aliphatic carbocycles. The first kappa shape index (κ1) is 18.2. The number of likely N-dealkylation sites (tertiary alicyclic amines) is 1. The molecule has 1 fully saturated rings. The molecule has 4 nitrogen and oxygen atoms in total. The molecule has 2 aromatic rings. The molecule has 0 radical (unpaired) electrons. The predicted molar refractivity (Wildman–Crippen MR) is 101 cm³/mol. The van der Waals surface area contributed by atoms with E-state index in [9.17, 15) is 9.59 Å². The minimum absolute atomic E-state index is 0.0239. The molecule has 1 aliphatic heterocycles. The van der Waals surface area contributed by atoms with E-state index in [1.54, 1.807) is 12.1 Å². The van der Waals surface area contributed by atoms with E-state index in [4.69, 9.17) is 4.74 Å². The third-order valence-corrected chi connectivity index (χ3v) is 4.81. The first-order chi connectivity index (χ1) is 12.7. The Morgan fingerprint density at radius 2 is 1.77 bits per heavy atom.